The van der Waals surface area contributed by atoms with Gasteiger partial charge in [0.25, 0.3) is 0 Å². The van der Waals surface area contributed by atoms with Gasteiger partial charge in [-0.25, -0.2) is 4.79 Å². The second-order valence-electron chi connectivity index (χ2n) is 12.8. The smallest absolute Gasteiger partial charge is 0.330 e. The largest absolute Gasteiger partial charge is 0.466 e. The van der Waals surface area contributed by atoms with E-state index in [9.17, 15) is 9.90 Å². The number of rotatable bonds is 12. The van der Waals surface area contributed by atoms with E-state index in [0.29, 0.717) is 32.3 Å². The minimum atomic E-state index is -2.31. The highest BCUT2D eigenvalue weighted by Gasteiger charge is 2.61. The van der Waals surface area contributed by atoms with Crippen molar-refractivity contribution in [3.8, 4) is 0 Å². The lowest BCUT2D eigenvalue weighted by Gasteiger charge is -2.48. The van der Waals surface area contributed by atoms with Crippen LogP contribution in [0.25, 0.3) is 0 Å². The van der Waals surface area contributed by atoms with Crippen molar-refractivity contribution in [1.82, 2.24) is 0 Å². The second-order valence-corrected chi connectivity index (χ2v) is 17.6. The Hall–Kier alpha value is -0.853. The molecule has 0 aromatic rings. The molecule has 3 rings (SSSR count). The first-order valence-electron chi connectivity index (χ1n) is 15.1. The maximum Gasteiger partial charge on any atom is 0.330 e. The molecule has 0 aromatic carbocycles. The average Bonchev–Trinajstić information content (AvgIpc) is 3.54. The highest BCUT2D eigenvalue weighted by Crippen LogP contribution is 2.46. The first kappa shape index (κ1) is 33.6. The zero-order valence-electron chi connectivity index (χ0n) is 26.4. The molecule has 9 nitrogen and oxygen atoms in total. The molecule has 0 aromatic heterocycles. The van der Waals surface area contributed by atoms with Crippen LogP contribution in [0.3, 0.4) is 0 Å². The number of hydrogen-bond acceptors (Lipinski definition) is 9. The number of esters is 1. The fourth-order valence-corrected chi connectivity index (χ4v) is 6.89. The maximum atomic E-state index is 11.6. The van der Waals surface area contributed by atoms with Crippen molar-refractivity contribution in [3.63, 3.8) is 0 Å². The first-order valence-corrected chi connectivity index (χ1v) is 18.0. The lowest BCUT2D eigenvalue weighted by atomic mass is 9.89. The Balaban J connectivity index is 1.99. The third-order valence-electron chi connectivity index (χ3n) is 9.43. The summed E-state index contributed by atoms with van der Waals surface area (Å²) in [5.74, 6) is -1.87. The zero-order chi connectivity index (χ0) is 29.9. The predicted octanol–water partition coefficient (Wildman–Crippen LogP) is 5.25. The van der Waals surface area contributed by atoms with Crippen LogP contribution < -0.4 is 0 Å². The van der Waals surface area contributed by atoms with E-state index in [1.807, 2.05) is 13.8 Å². The van der Waals surface area contributed by atoms with Gasteiger partial charge in [-0.3, -0.25) is 0 Å². The third-order valence-corrected chi connectivity index (χ3v) is 13.9. The number of hydrogen-bond donors (Lipinski definition) is 1. The zero-order valence-corrected chi connectivity index (χ0v) is 27.4. The van der Waals surface area contributed by atoms with Gasteiger partial charge in [0.05, 0.1) is 19.8 Å². The molecule has 0 amide bonds. The monoisotopic (exact) mass is 586 g/mol. The van der Waals surface area contributed by atoms with Crippen LogP contribution in [0.2, 0.25) is 18.1 Å². The molecule has 0 unspecified atom stereocenters. The minimum absolute atomic E-state index is 0.0490. The van der Waals surface area contributed by atoms with Gasteiger partial charge in [0.15, 0.2) is 19.9 Å². The molecule has 0 bridgehead atoms. The summed E-state index contributed by atoms with van der Waals surface area (Å²) in [5.41, 5.74) is 0. The summed E-state index contributed by atoms with van der Waals surface area (Å²) in [5, 5.41) is 11.4. The molecule has 1 N–H and O–H groups in total. The summed E-state index contributed by atoms with van der Waals surface area (Å²) in [6, 6.07) is 0. The summed E-state index contributed by atoms with van der Waals surface area (Å²) < 4.78 is 44.7. The summed E-state index contributed by atoms with van der Waals surface area (Å²) in [6.45, 7) is 19.7. The molecule has 3 heterocycles. The molecule has 10 heteroatoms. The number of fused-ring (bicyclic) bond motifs is 1. The average molecular weight is 587 g/mol. The number of carbonyl (C=O) groups excluding carboxylic acids is 1. The SMILES string of the molecule is CCC1(CC)O[C@@H]2[C@@H]([C@H](O[Si](C)(C)C(C)(C)C)[C@H]3COC(CC)(CC)O3)O[C@@H](CC/C=C/C(=O)OC)[C@H](O)[C@@H]2O1. The molecule has 3 saturated heterocycles. The van der Waals surface area contributed by atoms with Crippen molar-refractivity contribution in [2.24, 2.45) is 0 Å². The van der Waals surface area contributed by atoms with Gasteiger partial charge >= 0.3 is 5.97 Å². The Morgan fingerprint density at radius 1 is 1.02 bits per heavy atom. The summed E-state index contributed by atoms with van der Waals surface area (Å²) >= 11 is 0. The van der Waals surface area contributed by atoms with E-state index in [-0.39, 0.29) is 11.1 Å². The first-order chi connectivity index (χ1) is 18.7. The highest BCUT2D eigenvalue weighted by atomic mass is 28.4. The van der Waals surface area contributed by atoms with Crippen LogP contribution in [0.4, 0.5) is 0 Å². The molecule has 0 aliphatic carbocycles. The van der Waals surface area contributed by atoms with Crippen molar-refractivity contribution < 1.29 is 42.7 Å². The predicted molar refractivity (Wildman–Crippen MR) is 154 cm³/mol. The van der Waals surface area contributed by atoms with E-state index in [1.54, 1.807) is 6.08 Å². The van der Waals surface area contributed by atoms with Crippen LogP contribution in [0, 0.1) is 0 Å². The van der Waals surface area contributed by atoms with Crippen LogP contribution in [0.5, 0.6) is 0 Å². The van der Waals surface area contributed by atoms with Gasteiger partial charge in [0.2, 0.25) is 0 Å². The number of methoxy groups -OCH3 is 1. The van der Waals surface area contributed by atoms with Gasteiger partial charge in [0.1, 0.15) is 36.6 Å². The van der Waals surface area contributed by atoms with Crippen LogP contribution in [0.1, 0.15) is 87.0 Å². The number of carbonyl (C=O) groups is 1. The standard InChI is InChI=1S/C30H54O9Si/c1-11-29(12-2)34-19-21(36-29)24(39-40(9,10)28(5,6)7)26-27-25(37-30(13-3,14-4)38-27)23(32)20(35-26)17-15-16-18-22(31)33-8/h16,18,20-21,23-27,32H,11-15,17,19H2,1-10H3/b18-16+/t20-,21+,23-,24+,25-,26+,27-/m0/s1. The van der Waals surface area contributed by atoms with Crippen molar-refractivity contribution >= 4 is 14.3 Å². The molecular formula is C30H54O9Si. The molecular weight excluding hydrogens is 532 g/mol. The van der Waals surface area contributed by atoms with Crippen LogP contribution in [-0.2, 0) is 37.6 Å². The van der Waals surface area contributed by atoms with E-state index in [1.165, 1.54) is 13.2 Å². The molecule has 3 aliphatic heterocycles. The lowest BCUT2D eigenvalue weighted by molar-refractivity contribution is -0.235. The van der Waals surface area contributed by atoms with E-state index in [4.69, 9.17) is 32.8 Å². The molecule has 232 valence electrons. The molecule has 3 aliphatic rings. The normalized spacial score (nSPS) is 32.8. The quantitative estimate of drug-likeness (QED) is 0.187. The summed E-state index contributed by atoms with van der Waals surface area (Å²) in [7, 11) is -0.960. The van der Waals surface area contributed by atoms with Gasteiger partial charge in [-0.2, -0.15) is 0 Å². The Morgan fingerprint density at radius 3 is 2.15 bits per heavy atom. The van der Waals surface area contributed by atoms with Crippen molar-refractivity contribution in [2.75, 3.05) is 13.7 Å². The number of ether oxygens (including phenoxy) is 6. The Morgan fingerprint density at radius 2 is 1.62 bits per heavy atom. The number of aliphatic hydroxyl groups excluding tert-OH is 1. The number of allylic oxidation sites excluding steroid dienone is 1. The Kier molecular flexibility index (Phi) is 11.1. The van der Waals surface area contributed by atoms with E-state index in [2.05, 4.69) is 47.7 Å². The molecule has 0 spiro atoms. The fourth-order valence-electron chi connectivity index (χ4n) is 5.57. The fraction of sp³-hybridized carbons (Fsp3) is 0.900. The van der Waals surface area contributed by atoms with Crippen molar-refractivity contribution in [1.29, 1.82) is 0 Å². The van der Waals surface area contributed by atoms with Gasteiger partial charge in [0, 0.05) is 6.08 Å². The molecule has 40 heavy (non-hydrogen) atoms. The van der Waals surface area contributed by atoms with E-state index < -0.39 is 62.5 Å². The van der Waals surface area contributed by atoms with Crippen molar-refractivity contribution in [2.45, 2.75) is 159 Å². The van der Waals surface area contributed by atoms with Crippen LogP contribution >= 0.6 is 0 Å². The van der Waals surface area contributed by atoms with Gasteiger partial charge in [-0.05, 0) is 56.7 Å². The second kappa shape index (κ2) is 13.2. The summed E-state index contributed by atoms with van der Waals surface area (Å²) in [6.07, 6.45) is 2.96. The lowest BCUT2D eigenvalue weighted by Crippen LogP contribution is -2.64. The van der Waals surface area contributed by atoms with Gasteiger partial charge in [-0.15, -0.1) is 0 Å². The molecule has 3 fully saturated rings. The maximum absolute atomic E-state index is 11.6. The van der Waals surface area contributed by atoms with E-state index in [0.717, 1.165) is 12.8 Å². The van der Waals surface area contributed by atoms with Crippen LogP contribution in [-0.4, -0.2) is 87.4 Å². The van der Waals surface area contributed by atoms with Gasteiger partial charge in [-0.1, -0.05) is 54.5 Å². The molecule has 7 atom stereocenters. The van der Waals surface area contributed by atoms with E-state index >= 15 is 0 Å². The topological polar surface area (TPSA) is 102 Å². The summed E-state index contributed by atoms with van der Waals surface area (Å²) in [4.78, 5) is 11.6. The van der Waals surface area contributed by atoms with Gasteiger partial charge < -0.3 is 38.0 Å². The molecule has 0 radical (unpaired) electrons. The highest BCUT2D eigenvalue weighted by molar-refractivity contribution is 6.74. The number of aliphatic hydroxyl groups is 1. The Bertz CT molecular complexity index is 862. The van der Waals surface area contributed by atoms with Crippen LogP contribution in [0.15, 0.2) is 12.2 Å². The Labute approximate surface area is 242 Å². The van der Waals surface area contributed by atoms with Crippen molar-refractivity contribution in [3.05, 3.63) is 12.2 Å². The third kappa shape index (κ3) is 7.02. The minimum Gasteiger partial charge on any atom is -0.466 e. The molecule has 0 saturated carbocycles.